The van der Waals surface area contributed by atoms with E-state index >= 15 is 0 Å². The van der Waals surface area contributed by atoms with Crippen LogP contribution in [0.2, 0.25) is 0 Å². The molecule has 1 heterocycles. The van der Waals surface area contributed by atoms with E-state index in [2.05, 4.69) is 41.4 Å². The van der Waals surface area contributed by atoms with E-state index in [1.807, 2.05) is 0 Å². The average molecular weight is 179 g/mol. The first-order chi connectivity index (χ1) is 6.95. The second kappa shape index (κ2) is 2.01. The molecular weight excluding hydrogens is 170 g/mol. The number of rotatable bonds is 0. The topological polar surface area (TPSA) is 15.8 Å². The first-order valence-corrected chi connectivity index (χ1v) is 4.95. The molecule has 14 heavy (non-hydrogen) atoms. The molecule has 66 valence electrons. The summed E-state index contributed by atoms with van der Waals surface area (Å²) >= 11 is 0. The molecule has 2 aromatic carbocycles. The van der Waals surface area contributed by atoms with Crippen LogP contribution >= 0.6 is 0 Å². The minimum Gasteiger partial charge on any atom is -0.351 e. The van der Waals surface area contributed by atoms with E-state index in [-0.39, 0.29) is 0 Å². The second-order valence-electron chi connectivity index (χ2n) is 3.94. The van der Waals surface area contributed by atoms with Gasteiger partial charge in [-0.25, -0.2) is 0 Å². The third kappa shape index (κ3) is 0.704. The van der Waals surface area contributed by atoms with Crippen molar-refractivity contribution in [2.45, 2.75) is 6.42 Å². The zero-order chi connectivity index (χ0) is 9.12. The van der Waals surface area contributed by atoms with Gasteiger partial charge in [-0.15, -0.1) is 0 Å². The SMILES string of the molecule is c1cccc2c(cc1)c1c(c3[nH]c32)C1. The van der Waals surface area contributed by atoms with Gasteiger partial charge in [-0.1, -0.05) is 36.4 Å². The molecule has 0 aliphatic heterocycles. The molecule has 1 aliphatic carbocycles. The quantitative estimate of drug-likeness (QED) is 0.426. The fraction of sp³-hybridized carbons (Fsp3) is 0.0769. The number of aromatic nitrogens is 1. The van der Waals surface area contributed by atoms with Gasteiger partial charge >= 0.3 is 0 Å². The maximum Gasteiger partial charge on any atom is 0.0707 e. The minimum absolute atomic E-state index is 1.19. The maximum absolute atomic E-state index is 3.38. The number of aromatic amines is 1. The van der Waals surface area contributed by atoms with Gasteiger partial charge in [-0.2, -0.15) is 0 Å². The lowest BCUT2D eigenvalue weighted by atomic mass is 10.1. The highest BCUT2D eigenvalue weighted by Gasteiger charge is 2.27. The molecule has 0 radical (unpaired) electrons. The number of benzene rings is 1. The van der Waals surface area contributed by atoms with Crippen LogP contribution in [-0.2, 0) is 6.42 Å². The molecule has 0 atom stereocenters. The maximum atomic E-state index is 3.38. The van der Waals surface area contributed by atoms with Gasteiger partial charge in [0, 0.05) is 11.8 Å². The summed E-state index contributed by atoms with van der Waals surface area (Å²) in [5.74, 6) is 0. The highest BCUT2D eigenvalue weighted by Crippen LogP contribution is 2.44. The lowest BCUT2D eigenvalue weighted by Gasteiger charge is -1.89. The van der Waals surface area contributed by atoms with Crippen LogP contribution in [0.15, 0.2) is 36.4 Å². The minimum atomic E-state index is 1.19. The van der Waals surface area contributed by atoms with E-state index in [1.165, 1.54) is 28.2 Å². The van der Waals surface area contributed by atoms with Crippen molar-refractivity contribution in [2.24, 2.45) is 0 Å². The Morgan fingerprint density at radius 1 is 0.786 bits per heavy atom. The van der Waals surface area contributed by atoms with Gasteiger partial charge in [0.15, 0.2) is 0 Å². The van der Waals surface area contributed by atoms with Gasteiger partial charge in [0.1, 0.15) is 0 Å². The van der Waals surface area contributed by atoms with Gasteiger partial charge in [0.25, 0.3) is 0 Å². The Labute approximate surface area is 81.4 Å². The zero-order valence-corrected chi connectivity index (χ0v) is 7.67. The van der Waals surface area contributed by atoms with Crippen molar-refractivity contribution in [1.82, 2.24) is 4.98 Å². The first-order valence-electron chi connectivity index (χ1n) is 4.95. The molecule has 4 rings (SSSR count). The standard InChI is InChI=1S/C13H9N/c1-2-4-6-9-8(5-3-1)10-7-11(10)13-12(9)14-13/h1-6,14H,7H2. The molecular formula is C13H9N. The molecule has 0 unspecified atom stereocenters. The molecule has 0 amide bonds. The number of hydrogen-bond acceptors (Lipinski definition) is 0. The predicted molar refractivity (Wildman–Crippen MR) is 58.6 cm³/mol. The zero-order valence-electron chi connectivity index (χ0n) is 7.67. The predicted octanol–water partition coefficient (Wildman–Crippen LogP) is 3.23. The van der Waals surface area contributed by atoms with E-state index in [4.69, 9.17) is 0 Å². The Morgan fingerprint density at radius 2 is 1.57 bits per heavy atom. The van der Waals surface area contributed by atoms with Crippen LogP contribution in [-0.4, -0.2) is 4.98 Å². The normalized spacial score (nSPS) is 13.4. The highest BCUT2D eigenvalue weighted by molar-refractivity contribution is 6.15. The molecule has 1 aliphatic rings. The van der Waals surface area contributed by atoms with Crippen LogP contribution in [0.3, 0.4) is 0 Å². The van der Waals surface area contributed by atoms with Crippen molar-refractivity contribution >= 4 is 21.8 Å². The van der Waals surface area contributed by atoms with Gasteiger partial charge < -0.3 is 4.98 Å². The largest absolute Gasteiger partial charge is 0.351 e. The number of fused-ring (bicyclic) bond motifs is 6. The summed E-state index contributed by atoms with van der Waals surface area (Å²) in [7, 11) is 0. The summed E-state index contributed by atoms with van der Waals surface area (Å²) in [5.41, 5.74) is 5.84. The molecule has 0 saturated heterocycles. The molecule has 1 aromatic heterocycles. The second-order valence-corrected chi connectivity index (χ2v) is 3.94. The monoisotopic (exact) mass is 179 g/mol. The average Bonchev–Trinajstić information content (AvgIpc) is 2.94. The van der Waals surface area contributed by atoms with Crippen LogP contribution in [0.5, 0.6) is 0 Å². The summed E-state index contributed by atoms with van der Waals surface area (Å²) in [6, 6.07) is 12.8. The lowest BCUT2D eigenvalue weighted by molar-refractivity contribution is 1.61. The Bertz CT molecular complexity index is 661. The summed E-state index contributed by atoms with van der Waals surface area (Å²) in [6.45, 7) is 0. The summed E-state index contributed by atoms with van der Waals surface area (Å²) < 4.78 is 0. The van der Waals surface area contributed by atoms with Crippen molar-refractivity contribution in [3.05, 3.63) is 47.5 Å². The molecule has 1 N–H and O–H groups in total. The summed E-state index contributed by atoms with van der Waals surface area (Å²) in [4.78, 5) is 3.38. The lowest BCUT2D eigenvalue weighted by Crippen LogP contribution is -1.65. The Morgan fingerprint density at radius 3 is 2.43 bits per heavy atom. The van der Waals surface area contributed by atoms with Gasteiger partial charge in [-0.05, 0) is 16.5 Å². The molecule has 0 saturated carbocycles. The van der Waals surface area contributed by atoms with E-state index < -0.39 is 0 Å². The summed E-state index contributed by atoms with van der Waals surface area (Å²) in [6.07, 6.45) is 1.19. The third-order valence-electron chi connectivity index (χ3n) is 3.08. The molecule has 0 bridgehead atoms. The summed E-state index contributed by atoms with van der Waals surface area (Å²) in [5, 5.41) is 2.79. The molecule has 1 heteroatoms. The van der Waals surface area contributed by atoms with E-state index in [0.717, 1.165) is 0 Å². The Balaban J connectivity index is 2.31. The number of nitrogens with one attached hydrogen (secondary N) is 1. The smallest absolute Gasteiger partial charge is 0.0707 e. The van der Waals surface area contributed by atoms with Crippen LogP contribution in [0, 0.1) is 0 Å². The van der Waals surface area contributed by atoms with Crippen molar-refractivity contribution in [2.75, 3.05) is 0 Å². The van der Waals surface area contributed by atoms with Crippen molar-refractivity contribution in [3.8, 4) is 0 Å². The first kappa shape index (κ1) is 6.66. The van der Waals surface area contributed by atoms with Gasteiger partial charge in [0.05, 0.1) is 11.0 Å². The Kier molecular flexibility index (Phi) is 0.954. The van der Waals surface area contributed by atoms with Crippen LogP contribution in [0.1, 0.15) is 11.1 Å². The van der Waals surface area contributed by atoms with Crippen LogP contribution in [0.25, 0.3) is 21.8 Å². The Hall–Kier alpha value is -1.76. The van der Waals surface area contributed by atoms with Crippen molar-refractivity contribution in [3.63, 3.8) is 0 Å². The third-order valence-corrected chi connectivity index (χ3v) is 3.08. The van der Waals surface area contributed by atoms with Crippen molar-refractivity contribution in [1.29, 1.82) is 0 Å². The van der Waals surface area contributed by atoms with E-state index in [9.17, 15) is 0 Å². The number of H-pyrrole nitrogens is 1. The molecule has 0 spiro atoms. The van der Waals surface area contributed by atoms with Gasteiger partial charge in [-0.3, -0.25) is 0 Å². The molecule has 3 aromatic rings. The fourth-order valence-electron chi connectivity index (χ4n) is 2.24. The molecule has 0 fully saturated rings. The van der Waals surface area contributed by atoms with Crippen LogP contribution < -0.4 is 0 Å². The van der Waals surface area contributed by atoms with Gasteiger partial charge in [0.2, 0.25) is 0 Å². The van der Waals surface area contributed by atoms with E-state index in [1.54, 1.807) is 11.1 Å². The fourth-order valence-corrected chi connectivity index (χ4v) is 2.24. The molecule has 1 nitrogen and oxygen atoms in total. The van der Waals surface area contributed by atoms with E-state index in [0.29, 0.717) is 0 Å². The number of hydrogen-bond donors (Lipinski definition) is 1. The highest BCUT2D eigenvalue weighted by atomic mass is 14.8. The van der Waals surface area contributed by atoms with Crippen LogP contribution in [0.4, 0.5) is 0 Å². The van der Waals surface area contributed by atoms with Crippen molar-refractivity contribution < 1.29 is 0 Å².